The van der Waals surface area contributed by atoms with Gasteiger partial charge >= 0.3 is 0 Å². The van der Waals surface area contributed by atoms with Crippen molar-refractivity contribution in [1.82, 2.24) is 5.32 Å². The van der Waals surface area contributed by atoms with Crippen LogP contribution in [0.3, 0.4) is 0 Å². The second kappa shape index (κ2) is 7.44. The monoisotopic (exact) mass is 276 g/mol. The third-order valence-corrected chi connectivity index (χ3v) is 4.56. The van der Waals surface area contributed by atoms with Gasteiger partial charge in [-0.15, -0.1) is 0 Å². The van der Waals surface area contributed by atoms with Crippen molar-refractivity contribution in [2.45, 2.75) is 58.5 Å². The predicted molar refractivity (Wildman–Crippen MR) is 84.3 cm³/mol. The molecule has 0 aliphatic rings. The summed E-state index contributed by atoms with van der Waals surface area (Å²) in [6.45, 7) is 8.26. The molecule has 0 aliphatic heterocycles. The standard InChI is InChI=1S/C17H28N2O/c1-5-17(6-2,7-3)19-16(20)13(4)15(18)14-11-9-8-10-12-14/h8-13,15H,5-7,18H2,1-4H3,(H,19,20). The number of rotatable bonds is 7. The summed E-state index contributed by atoms with van der Waals surface area (Å²) in [7, 11) is 0. The lowest BCUT2D eigenvalue weighted by molar-refractivity contribution is -0.127. The summed E-state index contributed by atoms with van der Waals surface area (Å²) in [4.78, 5) is 12.5. The molecule has 1 amide bonds. The SMILES string of the molecule is CCC(CC)(CC)NC(=O)C(C)C(N)c1ccccc1. The number of hydrogen-bond acceptors (Lipinski definition) is 2. The first-order chi connectivity index (χ1) is 9.49. The van der Waals surface area contributed by atoms with E-state index >= 15 is 0 Å². The van der Waals surface area contributed by atoms with E-state index in [-0.39, 0.29) is 23.4 Å². The molecule has 3 nitrogen and oxygen atoms in total. The van der Waals surface area contributed by atoms with Gasteiger partial charge in [0, 0.05) is 11.6 Å². The van der Waals surface area contributed by atoms with Crippen LogP contribution in [-0.4, -0.2) is 11.4 Å². The quantitative estimate of drug-likeness (QED) is 0.802. The minimum Gasteiger partial charge on any atom is -0.350 e. The summed E-state index contributed by atoms with van der Waals surface area (Å²) in [5.74, 6) is -0.187. The van der Waals surface area contributed by atoms with Crippen LogP contribution in [0.2, 0.25) is 0 Å². The van der Waals surface area contributed by atoms with Gasteiger partial charge in [-0.2, -0.15) is 0 Å². The summed E-state index contributed by atoms with van der Waals surface area (Å²) in [5.41, 5.74) is 7.13. The van der Waals surface area contributed by atoms with Crippen LogP contribution < -0.4 is 11.1 Å². The molecule has 0 spiro atoms. The molecule has 0 aliphatic carbocycles. The Labute approximate surface area is 122 Å². The molecule has 3 heteroatoms. The molecular weight excluding hydrogens is 248 g/mol. The van der Waals surface area contributed by atoms with Crippen LogP contribution in [0.25, 0.3) is 0 Å². The van der Waals surface area contributed by atoms with Gasteiger partial charge in [0.1, 0.15) is 0 Å². The van der Waals surface area contributed by atoms with Crippen LogP contribution in [0.5, 0.6) is 0 Å². The van der Waals surface area contributed by atoms with Gasteiger partial charge in [-0.3, -0.25) is 4.79 Å². The molecule has 1 rings (SSSR count). The highest BCUT2D eigenvalue weighted by Gasteiger charge is 2.30. The van der Waals surface area contributed by atoms with Gasteiger partial charge in [-0.05, 0) is 24.8 Å². The zero-order chi connectivity index (χ0) is 15.2. The molecule has 1 aromatic rings. The number of carbonyl (C=O) groups excluding carboxylic acids is 1. The van der Waals surface area contributed by atoms with Crippen molar-refractivity contribution >= 4 is 5.91 Å². The van der Waals surface area contributed by atoms with E-state index in [2.05, 4.69) is 26.1 Å². The molecule has 20 heavy (non-hydrogen) atoms. The zero-order valence-corrected chi connectivity index (χ0v) is 13.1. The molecule has 2 atom stereocenters. The smallest absolute Gasteiger partial charge is 0.225 e. The molecule has 1 aromatic carbocycles. The van der Waals surface area contributed by atoms with Gasteiger partial charge in [0.25, 0.3) is 0 Å². The first-order valence-electron chi connectivity index (χ1n) is 7.62. The van der Waals surface area contributed by atoms with Crippen LogP contribution in [0.1, 0.15) is 58.6 Å². The maximum atomic E-state index is 12.5. The lowest BCUT2D eigenvalue weighted by atomic mass is 9.87. The minimum absolute atomic E-state index is 0.0481. The zero-order valence-electron chi connectivity index (χ0n) is 13.1. The molecule has 0 saturated heterocycles. The van der Waals surface area contributed by atoms with E-state index in [4.69, 9.17) is 5.73 Å². The molecule has 0 aromatic heterocycles. The fourth-order valence-electron chi connectivity index (χ4n) is 2.52. The Hall–Kier alpha value is -1.35. The molecule has 2 unspecified atom stereocenters. The van der Waals surface area contributed by atoms with Crippen molar-refractivity contribution in [3.05, 3.63) is 35.9 Å². The first-order valence-corrected chi connectivity index (χ1v) is 7.62. The van der Waals surface area contributed by atoms with E-state index in [0.29, 0.717) is 0 Å². The van der Waals surface area contributed by atoms with E-state index in [1.165, 1.54) is 0 Å². The van der Waals surface area contributed by atoms with Crippen LogP contribution in [0.4, 0.5) is 0 Å². The molecule has 0 heterocycles. The van der Waals surface area contributed by atoms with Crippen molar-refractivity contribution < 1.29 is 4.79 Å². The first kappa shape index (κ1) is 16.7. The average Bonchev–Trinajstić information content (AvgIpc) is 2.52. The summed E-state index contributed by atoms with van der Waals surface area (Å²) < 4.78 is 0. The third-order valence-electron chi connectivity index (χ3n) is 4.56. The predicted octanol–water partition coefficient (Wildman–Crippen LogP) is 3.41. The third kappa shape index (κ3) is 3.83. The Bertz CT molecular complexity index is 404. The van der Waals surface area contributed by atoms with Crippen molar-refractivity contribution in [1.29, 1.82) is 0 Å². The number of hydrogen-bond donors (Lipinski definition) is 2. The molecular formula is C17H28N2O. The molecule has 0 radical (unpaired) electrons. The molecule has 0 bridgehead atoms. The Morgan fingerprint density at radius 1 is 1.15 bits per heavy atom. The normalized spacial score (nSPS) is 14.7. The van der Waals surface area contributed by atoms with Crippen LogP contribution in [0.15, 0.2) is 30.3 Å². The van der Waals surface area contributed by atoms with E-state index < -0.39 is 0 Å². The molecule has 112 valence electrons. The number of amides is 1. The topological polar surface area (TPSA) is 55.1 Å². The summed E-state index contributed by atoms with van der Waals surface area (Å²) >= 11 is 0. The highest BCUT2D eigenvalue weighted by atomic mass is 16.2. The Morgan fingerprint density at radius 2 is 1.65 bits per heavy atom. The van der Waals surface area contributed by atoms with Gasteiger partial charge in [0.05, 0.1) is 5.92 Å². The summed E-state index contributed by atoms with van der Waals surface area (Å²) in [5, 5.41) is 3.21. The van der Waals surface area contributed by atoms with E-state index in [1.807, 2.05) is 37.3 Å². The second-order valence-electron chi connectivity index (χ2n) is 5.56. The molecule has 0 fully saturated rings. The van der Waals surface area contributed by atoms with E-state index in [9.17, 15) is 4.79 Å². The van der Waals surface area contributed by atoms with Gasteiger partial charge in [-0.1, -0.05) is 58.0 Å². The van der Waals surface area contributed by atoms with Crippen LogP contribution >= 0.6 is 0 Å². The second-order valence-corrected chi connectivity index (χ2v) is 5.56. The number of nitrogens with two attached hydrogens (primary N) is 1. The van der Waals surface area contributed by atoms with Crippen molar-refractivity contribution in [3.8, 4) is 0 Å². The van der Waals surface area contributed by atoms with Gasteiger partial charge < -0.3 is 11.1 Å². The average molecular weight is 276 g/mol. The molecule has 3 N–H and O–H groups in total. The fourth-order valence-corrected chi connectivity index (χ4v) is 2.52. The van der Waals surface area contributed by atoms with E-state index in [1.54, 1.807) is 0 Å². The maximum Gasteiger partial charge on any atom is 0.225 e. The van der Waals surface area contributed by atoms with Crippen molar-refractivity contribution in [3.63, 3.8) is 0 Å². The fraction of sp³-hybridized carbons (Fsp3) is 0.588. The Morgan fingerprint density at radius 3 is 2.10 bits per heavy atom. The number of nitrogens with one attached hydrogen (secondary N) is 1. The highest BCUT2D eigenvalue weighted by Crippen LogP contribution is 2.23. The lowest BCUT2D eigenvalue weighted by Crippen LogP contribution is -2.50. The Balaban J connectivity index is 2.76. The lowest BCUT2D eigenvalue weighted by Gasteiger charge is -2.34. The highest BCUT2D eigenvalue weighted by molar-refractivity contribution is 5.80. The number of benzene rings is 1. The largest absolute Gasteiger partial charge is 0.350 e. The molecule has 0 saturated carbocycles. The Kier molecular flexibility index (Phi) is 6.21. The minimum atomic E-state index is -0.264. The summed E-state index contributed by atoms with van der Waals surface area (Å²) in [6, 6.07) is 9.54. The van der Waals surface area contributed by atoms with Crippen molar-refractivity contribution in [2.24, 2.45) is 11.7 Å². The van der Waals surface area contributed by atoms with Gasteiger partial charge in [-0.25, -0.2) is 0 Å². The van der Waals surface area contributed by atoms with Gasteiger partial charge in [0.15, 0.2) is 0 Å². The maximum absolute atomic E-state index is 12.5. The van der Waals surface area contributed by atoms with Crippen LogP contribution in [-0.2, 0) is 4.79 Å². The van der Waals surface area contributed by atoms with Crippen molar-refractivity contribution in [2.75, 3.05) is 0 Å². The van der Waals surface area contributed by atoms with Crippen LogP contribution in [0, 0.1) is 5.92 Å². The summed E-state index contributed by atoms with van der Waals surface area (Å²) in [6.07, 6.45) is 2.83. The van der Waals surface area contributed by atoms with E-state index in [0.717, 1.165) is 24.8 Å². The van der Waals surface area contributed by atoms with Gasteiger partial charge in [0.2, 0.25) is 5.91 Å². The number of carbonyl (C=O) groups is 1.